The van der Waals surface area contributed by atoms with Crippen molar-refractivity contribution in [2.75, 3.05) is 26.2 Å². The first-order valence-electron chi connectivity index (χ1n) is 6.95. The Morgan fingerprint density at radius 2 is 1.89 bits per heavy atom. The first-order valence-corrected chi connectivity index (χ1v) is 6.95. The van der Waals surface area contributed by atoms with Crippen molar-refractivity contribution in [1.82, 2.24) is 9.80 Å². The Labute approximate surface area is 113 Å². The molecule has 0 aromatic heterocycles. The van der Waals surface area contributed by atoms with Crippen LogP contribution in [0.2, 0.25) is 0 Å². The molecule has 1 aromatic carbocycles. The number of hydrogen-bond acceptors (Lipinski definition) is 2. The van der Waals surface area contributed by atoms with Gasteiger partial charge in [0.25, 0.3) is 5.91 Å². The highest BCUT2D eigenvalue weighted by atomic mass is 19.1. The van der Waals surface area contributed by atoms with E-state index in [1.54, 1.807) is 30.0 Å². The largest absolute Gasteiger partial charge is 0.336 e. The summed E-state index contributed by atoms with van der Waals surface area (Å²) in [6, 6.07) is 5.76. The zero-order valence-corrected chi connectivity index (χ0v) is 11.2. The molecule has 2 aliphatic rings. The van der Waals surface area contributed by atoms with E-state index in [1.165, 1.54) is 12.8 Å². The number of piperazine rings is 1. The van der Waals surface area contributed by atoms with Crippen LogP contribution in [0.3, 0.4) is 0 Å². The summed E-state index contributed by atoms with van der Waals surface area (Å²) < 4.78 is 14.0. The fourth-order valence-electron chi connectivity index (χ4n) is 2.71. The van der Waals surface area contributed by atoms with Gasteiger partial charge in [0.1, 0.15) is 5.82 Å². The van der Waals surface area contributed by atoms with Crippen molar-refractivity contribution in [1.29, 1.82) is 0 Å². The van der Waals surface area contributed by atoms with E-state index in [1.807, 2.05) is 0 Å². The van der Waals surface area contributed by atoms with Crippen molar-refractivity contribution in [2.24, 2.45) is 0 Å². The minimum atomic E-state index is -0.378. The summed E-state index contributed by atoms with van der Waals surface area (Å²) in [6.07, 6.45) is 2.58. The Kier molecular flexibility index (Phi) is 3.27. The standard InChI is InChI=1S/C15H19FN2O/c1-11-3-2-4-13(14(11)16)15(19)18-9-7-17(8-10-18)12-5-6-12/h2-4,12H,5-10H2,1H3. The Bertz CT molecular complexity index is 491. The fourth-order valence-corrected chi connectivity index (χ4v) is 2.71. The average molecular weight is 262 g/mol. The minimum Gasteiger partial charge on any atom is -0.336 e. The van der Waals surface area contributed by atoms with E-state index in [4.69, 9.17) is 0 Å². The molecule has 102 valence electrons. The SMILES string of the molecule is Cc1cccc(C(=O)N2CCN(C3CC3)CC2)c1F. The van der Waals surface area contributed by atoms with Crippen LogP contribution in [0.25, 0.3) is 0 Å². The van der Waals surface area contributed by atoms with Crippen molar-refractivity contribution in [2.45, 2.75) is 25.8 Å². The summed E-state index contributed by atoms with van der Waals surface area (Å²) in [5, 5.41) is 0. The van der Waals surface area contributed by atoms with Gasteiger partial charge in [-0.2, -0.15) is 0 Å². The van der Waals surface area contributed by atoms with Crippen LogP contribution < -0.4 is 0 Å². The molecule has 2 fully saturated rings. The average Bonchev–Trinajstić information content (AvgIpc) is 3.26. The number of hydrogen-bond donors (Lipinski definition) is 0. The van der Waals surface area contributed by atoms with Crippen LogP contribution in [0.1, 0.15) is 28.8 Å². The van der Waals surface area contributed by atoms with Crippen molar-refractivity contribution in [3.8, 4) is 0 Å². The molecular weight excluding hydrogens is 243 g/mol. The molecule has 1 aliphatic carbocycles. The van der Waals surface area contributed by atoms with Gasteiger partial charge in [0.2, 0.25) is 0 Å². The Morgan fingerprint density at radius 1 is 1.21 bits per heavy atom. The van der Waals surface area contributed by atoms with Crippen LogP contribution >= 0.6 is 0 Å². The quantitative estimate of drug-likeness (QED) is 0.814. The van der Waals surface area contributed by atoms with Crippen molar-refractivity contribution < 1.29 is 9.18 Å². The zero-order valence-electron chi connectivity index (χ0n) is 11.2. The second-order valence-corrected chi connectivity index (χ2v) is 5.50. The highest BCUT2D eigenvalue weighted by molar-refractivity contribution is 5.94. The van der Waals surface area contributed by atoms with Gasteiger partial charge in [0, 0.05) is 32.2 Å². The predicted octanol–water partition coefficient (Wildman–Crippen LogP) is 2.05. The van der Waals surface area contributed by atoms with Gasteiger partial charge in [-0.05, 0) is 31.4 Å². The summed E-state index contributed by atoms with van der Waals surface area (Å²) in [4.78, 5) is 16.5. The molecule has 0 radical (unpaired) electrons. The molecule has 0 spiro atoms. The van der Waals surface area contributed by atoms with Crippen LogP contribution in [0.4, 0.5) is 4.39 Å². The molecule has 0 atom stereocenters. The van der Waals surface area contributed by atoms with Gasteiger partial charge in [-0.1, -0.05) is 12.1 Å². The van der Waals surface area contributed by atoms with E-state index in [9.17, 15) is 9.18 Å². The molecule has 1 aromatic rings. The lowest BCUT2D eigenvalue weighted by Gasteiger charge is -2.35. The molecule has 3 rings (SSSR count). The van der Waals surface area contributed by atoms with Gasteiger partial charge in [-0.3, -0.25) is 9.69 Å². The Morgan fingerprint density at radius 3 is 2.53 bits per heavy atom. The van der Waals surface area contributed by atoms with Crippen LogP contribution in [0.5, 0.6) is 0 Å². The smallest absolute Gasteiger partial charge is 0.256 e. The summed E-state index contributed by atoms with van der Waals surface area (Å²) in [5.41, 5.74) is 0.738. The second-order valence-electron chi connectivity index (χ2n) is 5.50. The van der Waals surface area contributed by atoms with Crippen molar-refractivity contribution in [3.63, 3.8) is 0 Å². The van der Waals surface area contributed by atoms with Gasteiger partial charge in [-0.15, -0.1) is 0 Å². The molecule has 19 heavy (non-hydrogen) atoms. The molecular formula is C15H19FN2O. The zero-order chi connectivity index (χ0) is 13.4. The van der Waals surface area contributed by atoms with Gasteiger partial charge in [0.15, 0.2) is 0 Å². The molecule has 4 heteroatoms. The lowest BCUT2D eigenvalue weighted by molar-refractivity contribution is 0.0622. The van der Waals surface area contributed by atoms with E-state index in [2.05, 4.69) is 4.90 Å². The van der Waals surface area contributed by atoms with E-state index >= 15 is 0 Å². The molecule has 0 unspecified atom stereocenters. The second kappa shape index (κ2) is 4.93. The third-order valence-electron chi connectivity index (χ3n) is 4.09. The number of nitrogens with zero attached hydrogens (tertiary/aromatic N) is 2. The first-order chi connectivity index (χ1) is 9.16. The Balaban J connectivity index is 1.69. The minimum absolute atomic E-state index is 0.170. The number of rotatable bonds is 2. The van der Waals surface area contributed by atoms with Gasteiger partial charge in [0.05, 0.1) is 5.56 Å². The first kappa shape index (κ1) is 12.6. The lowest BCUT2D eigenvalue weighted by atomic mass is 10.1. The highest BCUT2D eigenvalue weighted by Crippen LogP contribution is 2.27. The summed E-state index contributed by atoms with van der Waals surface area (Å²) >= 11 is 0. The maximum atomic E-state index is 14.0. The molecule has 1 aliphatic heterocycles. The molecule has 1 heterocycles. The maximum absolute atomic E-state index is 14.0. The number of benzene rings is 1. The van der Waals surface area contributed by atoms with E-state index < -0.39 is 0 Å². The van der Waals surface area contributed by atoms with Crippen molar-refractivity contribution in [3.05, 3.63) is 35.1 Å². The highest BCUT2D eigenvalue weighted by Gasteiger charge is 2.32. The summed E-state index contributed by atoms with van der Waals surface area (Å²) in [6.45, 7) is 4.95. The number of amides is 1. The number of halogens is 1. The van der Waals surface area contributed by atoms with Gasteiger partial charge < -0.3 is 4.90 Å². The predicted molar refractivity (Wildman–Crippen MR) is 71.6 cm³/mol. The topological polar surface area (TPSA) is 23.6 Å². The molecule has 0 N–H and O–H groups in total. The Hall–Kier alpha value is -1.42. The molecule has 0 bridgehead atoms. The van der Waals surface area contributed by atoms with Crippen LogP contribution in [-0.4, -0.2) is 47.9 Å². The maximum Gasteiger partial charge on any atom is 0.256 e. The molecule has 3 nitrogen and oxygen atoms in total. The summed E-state index contributed by atoms with van der Waals surface area (Å²) in [5.74, 6) is -0.547. The monoisotopic (exact) mass is 262 g/mol. The third-order valence-corrected chi connectivity index (χ3v) is 4.09. The molecule has 1 amide bonds. The third kappa shape index (κ3) is 2.50. The number of aryl methyl sites for hydroxylation is 1. The van der Waals surface area contributed by atoms with Gasteiger partial charge in [-0.25, -0.2) is 4.39 Å². The van der Waals surface area contributed by atoms with Gasteiger partial charge >= 0.3 is 0 Å². The van der Waals surface area contributed by atoms with Crippen molar-refractivity contribution >= 4 is 5.91 Å². The number of carbonyl (C=O) groups excluding carboxylic acids is 1. The number of carbonyl (C=O) groups is 1. The normalized spacial score (nSPS) is 20.6. The van der Waals surface area contributed by atoms with Crippen LogP contribution in [0, 0.1) is 12.7 Å². The van der Waals surface area contributed by atoms with E-state index in [0.29, 0.717) is 18.7 Å². The van der Waals surface area contributed by atoms with Crippen LogP contribution in [0.15, 0.2) is 18.2 Å². The lowest BCUT2D eigenvalue weighted by Crippen LogP contribution is -2.49. The van der Waals surface area contributed by atoms with Crippen LogP contribution in [-0.2, 0) is 0 Å². The van der Waals surface area contributed by atoms with E-state index in [0.717, 1.165) is 19.1 Å². The van der Waals surface area contributed by atoms with E-state index in [-0.39, 0.29) is 17.3 Å². The fraction of sp³-hybridized carbons (Fsp3) is 0.533. The summed E-state index contributed by atoms with van der Waals surface area (Å²) in [7, 11) is 0. The molecule has 1 saturated carbocycles. The molecule has 1 saturated heterocycles.